The number of carbonyl (C=O) groups is 5. The number of aliphatic hydroxyl groups is 2. The van der Waals surface area contributed by atoms with Crippen molar-refractivity contribution in [3.05, 3.63) is 82.6 Å². The minimum absolute atomic E-state index is 0.0356. The van der Waals surface area contributed by atoms with Gasteiger partial charge in [-0.2, -0.15) is 9.97 Å². The number of halogens is 2. The molecule has 0 bridgehead atoms. The molecule has 0 radical (unpaired) electrons. The van der Waals surface area contributed by atoms with E-state index in [2.05, 4.69) is 15.2 Å². The number of phenols is 1. The van der Waals surface area contributed by atoms with Gasteiger partial charge in [-0.1, -0.05) is 35.9 Å². The molecule has 9 rings (SSSR count). The second-order valence-corrected chi connectivity index (χ2v) is 19.8. The number of imide groups is 2. The number of hydrogen-bond donors (Lipinski definition) is 4. The van der Waals surface area contributed by atoms with Crippen LogP contribution in [0.2, 0.25) is 5.02 Å². The summed E-state index contributed by atoms with van der Waals surface area (Å²) < 4.78 is 57.7. The van der Waals surface area contributed by atoms with Crippen LogP contribution in [0.5, 0.6) is 17.5 Å². The fraction of sp³-hybridized carbons (Fsp3) is 0.473. The summed E-state index contributed by atoms with van der Waals surface area (Å²) in [5, 5.41) is 33.6. The minimum Gasteiger partial charge on any atom is -0.508 e. The van der Waals surface area contributed by atoms with E-state index in [-0.39, 0.29) is 97.3 Å². The predicted octanol–water partition coefficient (Wildman–Crippen LogP) is 3.70. The highest BCUT2D eigenvalue weighted by Crippen LogP contribution is 2.43. The predicted molar refractivity (Wildman–Crippen MR) is 284 cm³/mol. The highest BCUT2D eigenvalue weighted by molar-refractivity contribution is 6.35. The number of phenolic OH excluding ortho intramolecular Hbond substituents is 1. The lowest BCUT2D eigenvalue weighted by molar-refractivity contribution is -0.159. The molecular formula is C55H63ClFN7O15. The number of rotatable bonds is 25. The smallest absolute Gasteiger partial charge is 0.319 e. The molecule has 4 aromatic carbocycles. The Balaban J connectivity index is 0.646. The number of piperidine rings is 2. The maximum absolute atomic E-state index is 17.1. The number of carbonyl (C=O) groups excluding carboxylic acids is 5. The number of likely N-dealkylation sites (tertiary alicyclic amines) is 1. The van der Waals surface area contributed by atoms with E-state index in [0.29, 0.717) is 92.7 Å². The lowest BCUT2D eigenvalue weighted by Crippen LogP contribution is -2.54. The molecular weight excluding hydrogens is 1050 g/mol. The van der Waals surface area contributed by atoms with Crippen LogP contribution in [0.1, 0.15) is 53.3 Å². The monoisotopic (exact) mass is 1120 g/mol. The quantitative estimate of drug-likeness (QED) is 0.0369. The number of anilines is 1. The zero-order valence-corrected chi connectivity index (χ0v) is 44.4. The normalized spacial score (nSPS) is 17.8. The molecule has 5 aromatic rings. The van der Waals surface area contributed by atoms with Gasteiger partial charge in [0.1, 0.15) is 41.6 Å². The molecule has 1 aromatic heterocycles. The van der Waals surface area contributed by atoms with E-state index in [9.17, 15) is 39.3 Å². The maximum atomic E-state index is 17.1. The molecule has 5 amide bonds. The average Bonchev–Trinajstić information content (AvgIpc) is 3.74. The Labute approximate surface area is 459 Å². The Morgan fingerprint density at radius 3 is 2.10 bits per heavy atom. The number of ether oxygens (including phenoxy) is 7. The molecule has 3 fully saturated rings. The molecule has 4 N–H and O–H groups in total. The summed E-state index contributed by atoms with van der Waals surface area (Å²) in [4.78, 5) is 77.9. The summed E-state index contributed by atoms with van der Waals surface area (Å²) >= 11 is 6.89. The molecule has 1 unspecified atom stereocenters. The second-order valence-electron chi connectivity index (χ2n) is 19.4. The van der Waals surface area contributed by atoms with Gasteiger partial charge in [0.05, 0.1) is 81.7 Å². The summed E-state index contributed by atoms with van der Waals surface area (Å²) in [6.45, 7) is 8.38. The molecule has 0 spiro atoms. The van der Waals surface area contributed by atoms with Crippen molar-refractivity contribution in [1.82, 2.24) is 30.0 Å². The van der Waals surface area contributed by atoms with Crippen molar-refractivity contribution >= 4 is 68.6 Å². The SMILES string of the molecule is C[C@H](CN1CCC(OCCOCCOCCOCCOCCOc2ccc3c(c2)C(=O)N(C2CCC(=O)NC2=O)C3=O)CC1)Oc1nc(N2CCN(C(=O)C(O)O)CC2)c2cc(Cl)c(-c3cc(O)cc4ccccc34)c(F)c2n1. The molecule has 4 aliphatic rings. The number of hydrogen-bond acceptors (Lipinski definition) is 19. The average molecular weight is 1120 g/mol. The number of fused-ring (bicyclic) bond motifs is 3. The third kappa shape index (κ3) is 13.9. The van der Waals surface area contributed by atoms with E-state index < -0.39 is 53.8 Å². The lowest BCUT2D eigenvalue weighted by atomic mass is 9.96. The zero-order valence-electron chi connectivity index (χ0n) is 43.6. The second kappa shape index (κ2) is 26.5. The third-order valence-electron chi connectivity index (χ3n) is 14.0. The van der Waals surface area contributed by atoms with Gasteiger partial charge >= 0.3 is 6.01 Å². The van der Waals surface area contributed by atoms with Crippen molar-refractivity contribution in [2.24, 2.45) is 0 Å². The maximum Gasteiger partial charge on any atom is 0.319 e. The molecule has 3 saturated heterocycles. The van der Waals surface area contributed by atoms with Crippen LogP contribution in [0.25, 0.3) is 32.8 Å². The minimum atomic E-state index is -2.13. The van der Waals surface area contributed by atoms with E-state index in [1.54, 1.807) is 18.2 Å². The van der Waals surface area contributed by atoms with Crippen LogP contribution in [-0.4, -0.2) is 206 Å². The van der Waals surface area contributed by atoms with Crippen LogP contribution in [-0.2, 0) is 38.1 Å². The molecule has 79 heavy (non-hydrogen) atoms. The van der Waals surface area contributed by atoms with Gasteiger partial charge in [-0.25, -0.2) is 4.39 Å². The van der Waals surface area contributed by atoms with Gasteiger partial charge in [0.25, 0.3) is 17.7 Å². The Morgan fingerprint density at radius 2 is 1.42 bits per heavy atom. The lowest BCUT2D eigenvalue weighted by Gasteiger charge is -2.36. The van der Waals surface area contributed by atoms with Crippen molar-refractivity contribution in [3.63, 3.8) is 0 Å². The molecule has 22 nitrogen and oxygen atoms in total. The zero-order chi connectivity index (χ0) is 55.6. The number of aromatic nitrogens is 2. The molecule has 24 heteroatoms. The molecule has 422 valence electrons. The van der Waals surface area contributed by atoms with E-state index in [4.69, 9.17) is 49.7 Å². The van der Waals surface area contributed by atoms with Crippen LogP contribution in [0.4, 0.5) is 10.2 Å². The number of benzene rings is 4. The number of amides is 5. The summed E-state index contributed by atoms with van der Waals surface area (Å²) in [6.07, 6.45) is -0.713. The van der Waals surface area contributed by atoms with Gasteiger partial charge in [0, 0.05) is 63.2 Å². The Bertz CT molecular complexity index is 3030. The van der Waals surface area contributed by atoms with Crippen molar-refractivity contribution in [3.8, 4) is 28.6 Å². The molecule has 2 atom stereocenters. The van der Waals surface area contributed by atoms with Crippen LogP contribution < -0.4 is 19.7 Å². The standard InChI is InChI=1S/C55H63ClFN7O15/c1-33(79-55-59-48-42(49(60-55)62-14-16-63(17-15-62)53(70)54(71)72)31-43(56)46(47(48)57)40-29-35(65)28-34-4-2-3-5-38(34)40)32-61-12-10-36(11-13-61)77-26-24-75-22-20-73-18-19-74-21-23-76-25-27-78-37-6-7-39-41(30-37)52(69)64(51(39)68)44-8-9-45(66)58-50(44)67/h2-7,28-31,33,36,44,54,65,71-72H,8-27,32H2,1H3,(H,58,66,67)/t33-,44?/m1/s1. The largest absolute Gasteiger partial charge is 0.508 e. The van der Waals surface area contributed by atoms with Gasteiger partial charge in [-0.05, 0) is 78.9 Å². The van der Waals surface area contributed by atoms with Crippen LogP contribution >= 0.6 is 11.6 Å². The highest BCUT2D eigenvalue weighted by atomic mass is 35.5. The van der Waals surface area contributed by atoms with Crippen molar-refractivity contribution in [2.45, 2.75) is 57.1 Å². The summed E-state index contributed by atoms with van der Waals surface area (Å²) in [5.41, 5.74) is 0.730. The molecule has 4 aliphatic heterocycles. The summed E-state index contributed by atoms with van der Waals surface area (Å²) in [5.74, 6) is -3.15. The van der Waals surface area contributed by atoms with Gasteiger partial charge in [-0.15, -0.1) is 0 Å². The number of aliphatic hydroxyl groups excluding tert-OH is 1. The first kappa shape index (κ1) is 57.0. The van der Waals surface area contributed by atoms with Crippen LogP contribution in [0, 0.1) is 5.82 Å². The van der Waals surface area contributed by atoms with E-state index in [1.165, 1.54) is 23.1 Å². The third-order valence-corrected chi connectivity index (χ3v) is 14.3. The molecule has 0 saturated carbocycles. The topological polar surface area (TPSA) is 261 Å². The number of aromatic hydroxyl groups is 1. The first-order valence-electron chi connectivity index (χ1n) is 26.4. The van der Waals surface area contributed by atoms with E-state index in [0.717, 1.165) is 30.8 Å². The summed E-state index contributed by atoms with van der Waals surface area (Å²) in [7, 11) is 0. The molecule has 5 heterocycles. The molecule has 0 aliphatic carbocycles. The summed E-state index contributed by atoms with van der Waals surface area (Å²) in [6, 6.07) is 15.4. The van der Waals surface area contributed by atoms with E-state index in [1.807, 2.05) is 36.1 Å². The van der Waals surface area contributed by atoms with Crippen LogP contribution in [0.3, 0.4) is 0 Å². The highest BCUT2D eigenvalue weighted by Gasteiger charge is 2.45. The Kier molecular flexibility index (Phi) is 19.1. The number of nitrogens with zero attached hydrogens (tertiary/aromatic N) is 6. The fourth-order valence-corrected chi connectivity index (χ4v) is 10.4. The van der Waals surface area contributed by atoms with Crippen molar-refractivity contribution < 1.29 is 76.8 Å². The van der Waals surface area contributed by atoms with Gasteiger partial charge < -0.3 is 58.3 Å². The first-order chi connectivity index (χ1) is 38.2. The Hall–Kier alpha value is -6.67. The van der Waals surface area contributed by atoms with Gasteiger partial charge in [0.2, 0.25) is 18.1 Å². The van der Waals surface area contributed by atoms with Crippen molar-refractivity contribution in [1.29, 1.82) is 0 Å². The van der Waals surface area contributed by atoms with Crippen LogP contribution in [0.15, 0.2) is 60.7 Å². The number of piperazine rings is 1. The fourth-order valence-electron chi connectivity index (χ4n) is 10.1. The first-order valence-corrected chi connectivity index (χ1v) is 26.7. The van der Waals surface area contributed by atoms with Gasteiger partial charge in [-0.3, -0.25) is 39.1 Å². The Morgan fingerprint density at radius 1 is 0.759 bits per heavy atom. The van der Waals surface area contributed by atoms with Crippen molar-refractivity contribution in [2.75, 3.05) is 117 Å². The van der Waals surface area contributed by atoms with E-state index >= 15 is 4.39 Å². The van der Waals surface area contributed by atoms with Gasteiger partial charge in [0.15, 0.2) is 5.82 Å². The number of nitrogens with one attached hydrogen (secondary N) is 1.